The van der Waals surface area contributed by atoms with E-state index < -0.39 is 5.76 Å². The molecule has 0 bridgehead atoms. The quantitative estimate of drug-likeness (QED) is 0.871. The molecule has 1 aromatic heterocycles. The molecule has 1 aliphatic carbocycles. The number of nitrogens with one attached hydrogen (secondary N) is 1. The monoisotopic (exact) mass is 372 g/mol. The Labute approximate surface area is 156 Å². The molecule has 8 nitrogen and oxygen atoms in total. The number of hydrogen-bond acceptors (Lipinski definition) is 4. The van der Waals surface area contributed by atoms with Gasteiger partial charge in [-0.1, -0.05) is 12.1 Å². The number of urea groups is 1. The summed E-state index contributed by atoms with van der Waals surface area (Å²) in [5.74, 6) is 0.0581. The maximum Gasteiger partial charge on any atom is 0.420 e. The minimum Gasteiger partial charge on any atom is -0.408 e. The van der Waals surface area contributed by atoms with Gasteiger partial charge in [0.2, 0.25) is 5.91 Å². The van der Waals surface area contributed by atoms with Crippen molar-refractivity contribution in [3.8, 4) is 0 Å². The number of rotatable bonds is 4. The molecule has 1 N–H and O–H groups in total. The van der Waals surface area contributed by atoms with Crippen LogP contribution in [-0.4, -0.2) is 59.5 Å². The van der Waals surface area contributed by atoms with Crippen molar-refractivity contribution in [3.63, 3.8) is 0 Å². The summed E-state index contributed by atoms with van der Waals surface area (Å²) in [6, 6.07) is 6.93. The lowest BCUT2D eigenvalue weighted by Gasteiger charge is -2.21. The second kappa shape index (κ2) is 6.75. The van der Waals surface area contributed by atoms with E-state index in [1.807, 2.05) is 0 Å². The molecule has 1 aromatic carbocycles. The summed E-state index contributed by atoms with van der Waals surface area (Å²) in [5, 5.41) is 3.05. The molecular formula is C19H24N4O4. The minimum atomic E-state index is -0.541. The highest BCUT2D eigenvalue weighted by molar-refractivity contribution is 5.80. The smallest absolute Gasteiger partial charge is 0.408 e. The summed E-state index contributed by atoms with van der Waals surface area (Å²) >= 11 is 0. The number of para-hydroxylation sites is 2. The molecule has 0 spiro atoms. The number of amides is 3. The fourth-order valence-electron chi connectivity index (χ4n) is 3.98. The third kappa shape index (κ3) is 3.43. The van der Waals surface area contributed by atoms with Gasteiger partial charge in [-0.2, -0.15) is 0 Å². The molecule has 1 saturated carbocycles. The molecule has 3 amide bonds. The van der Waals surface area contributed by atoms with Crippen LogP contribution in [0.5, 0.6) is 0 Å². The van der Waals surface area contributed by atoms with Gasteiger partial charge in [0.25, 0.3) is 0 Å². The average Bonchev–Trinajstić information content (AvgIpc) is 3.32. The Kier molecular flexibility index (Phi) is 4.41. The largest absolute Gasteiger partial charge is 0.420 e. The second-order valence-corrected chi connectivity index (χ2v) is 7.68. The van der Waals surface area contributed by atoms with E-state index in [4.69, 9.17) is 4.42 Å². The first kappa shape index (κ1) is 17.6. The first-order valence-corrected chi connectivity index (χ1v) is 9.28. The Balaban J connectivity index is 1.47. The van der Waals surface area contributed by atoms with E-state index in [-0.39, 0.29) is 30.4 Å². The Morgan fingerprint density at radius 2 is 1.96 bits per heavy atom. The summed E-state index contributed by atoms with van der Waals surface area (Å²) < 4.78 is 6.52. The van der Waals surface area contributed by atoms with Crippen LogP contribution < -0.4 is 11.1 Å². The van der Waals surface area contributed by atoms with E-state index in [0.29, 0.717) is 30.1 Å². The van der Waals surface area contributed by atoms with E-state index in [9.17, 15) is 14.4 Å². The van der Waals surface area contributed by atoms with Gasteiger partial charge in [-0.05, 0) is 30.9 Å². The highest BCUT2D eigenvalue weighted by atomic mass is 16.4. The normalized spacial score (nSPS) is 22.2. The van der Waals surface area contributed by atoms with Gasteiger partial charge >= 0.3 is 11.8 Å². The lowest BCUT2D eigenvalue weighted by atomic mass is 9.98. The molecule has 27 heavy (non-hydrogen) atoms. The molecule has 2 aliphatic rings. The van der Waals surface area contributed by atoms with Gasteiger partial charge in [0.15, 0.2) is 5.58 Å². The van der Waals surface area contributed by atoms with Gasteiger partial charge in [-0.25, -0.2) is 9.59 Å². The molecule has 0 radical (unpaired) electrons. The molecule has 2 fully saturated rings. The van der Waals surface area contributed by atoms with Crippen LogP contribution in [-0.2, 0) is 11.3 Å². The zero-order valence-corrected chi connectivity index (χ0v) is 15.6. The number of benzene rings is 1. The first-order chi connectivity index (χ1) is 12.9. The van der Waals surface area contributed by atoms with Gasteiger partial charge in [-0.3, -0.25) is 9.36 Å². The number of carbonyl (C=O) groups excluding carboxylic acids is 2. The second-order valence-electron chi connectivity index (χ2n) is 7.68. The number of nitrogens with zero attached hydrogens (tertiary/aromatic N) is 3. The molecule has 2 heterocycles. The van der Waals surface area contributed by atoms with Crippen LogP contribution in [0.3, 0.4) is 0 Å². The van der Waals surface area contributed by atoms with Crippen molar-refractivity contribution in [2.75, 3.05) is 27.2 Å². The van der Waals surface area contributed by atoms with E-state index in [2.05, 4.69) is 5.32 Å². The van der Waals surface area contributed by atoms with Crippen LogP contribution in [0.4, 0.5) is 4.79 Å². The summed E-state index contributed by atoms with van der Waals surface area (Å²) in [5.41, 5.74) is 1.07. The van der Waals surface area contributed by atoms with Crippen molar-refractivity contribution in [1.29, 1.82) is 0 Å². The highest BCUT2D eigenvalue weighted by Crippen LogP contribution is 2.41. The maximum absolute atomic E-state index is 12.6. The van der Waals surface area contributed by atoms with Gasteiger partial charge in [0.1, 0.15) is 6.54 Å². The topological polar surface area (TPSA) is 87.8 Å². The summed E-state index contributed by atoms with van der Waals surface area (Å²) in [4.78, 5) is 40.4. The van der Waals surface area contributed by atoms with Crippen molar-refractivity contribution in [2.45, 2.75) is 25.4 Å². The molecule has 144 valence electrons. The van der Waals surface area contributed by atoms with Gasteiger partial charge < -0.3 is 19.5 Å². The average molecular weight is 372 g/mol. The number of oxazole rings is 1. The Morgan fingerprint density at radius 1 is 1.22 bits per heavy atom. The van der Waals surface area contributed by atoms with Gasteiger partial charge in [0.05, 0.1) is 11.6 Å². The predicted octanol–water partition coefficient (Wildman–Crippen LogP) is 1.10. The predicted molar refractivity (Wildman–Crippen MR) is 99.3 cm³/mol. The third-order valence-corrected chi connectivity index (χ3v) is 5.47. The van der Waals surface area contributed by atoms with Gasteiger partial charge in [-0.15, -0.1) is 0 Å². The van der Waals surface area contributed by atoms with E-state index in [0.717, 1.165) is 12.8 Å². The number of aromatic nitrogens is 1. The van der Waals surface area contributed by atoms with Crippen molar-refractivity contribution in [3.05, 3.63) is 34.8 Å². The van der Waals surface area contributed by atoms with Crippen LogP contribution in [0, 0.1) is 11.8 Å². The Morgan fingerprint density at radius 3 is 2.67 bits per heavy atom. The lowest BCUT2D eigenvalue weighted by Crippen LogP contribution is -2.44. The van der Waals surface area contributed by atoms with E-state index >= 15 is 0 Å². The summed E-state index contributed by atoms with van der Waals surface area (Å²) in [6.45, 7) is 1.08. The first-order valence-electron chi connectivity index (χ1n) is 9.28. The number of carbonyl (C=O) groups is 2. The zero-order chi connectivity index (χ0) is 19.1. The van der Waals surface area contributed by atoms with Crippen molar-refractivity contribution in [1.82, 2.24) is 19.7 Å². The number of likely N-dealkylation sites (tertiary alicyclic amines) is 1. The summed E-state index contributed by atoms with van der Waals surface area (Å²) in [6.07, 6.45) is 2.29. The number of hydrogen-bond donors (Lipinski definition) is 1. The molecule has 1 aliphatic heterocycles. The van der Waals surface area contributed by atoms with Crippen LogP contribution >= 0.6 is 0 Å². The Hall–Kier alpha value is -2.77. The zero-order valence-electron chi connectivity index (χ0n) is 15.6. The van der Waals surface area contributed by atoms with E-state index in [1.54, 1.807) is 48.2 Å². The standard InChI is InChI=1S/C19H24N4O4/c1-21(2)18(25)22-9-13(12-7-8-12)14(10-22)20-17(24)11-23-15-5-3-4-6-16(15)27-19(23)26/h3-6,12-14H,7-11H2,1-2H3,(H,20,24)/t13-,14+/m1/s1. The molecule has 8 heteroatoms. The van der Waals surface area contributed by atoms with E-state index in [1.165, 1.54) is 4.57 Å². The van der Waals surface area contributed by atoms with Gasteiger partial charge in [0, 0.05) is 33.1 Å². The molecule has 2 atom stereocenters. The van der Waals surface area contributed by atoms with Crippen LogP contribution in [0.15, 0.2) is 33.5 Å². The van der Waals surface area contributed by atoms with Crippen molar-refractivity contribution < 1.29 is 14.0 Å². The molecule has 1 saturated heterocycles. The molecule has 2 aromatic rings. The Bertz CT molecular complexity index is 927. The third-order valence-electron chi connectivity index (χ3n) is 5.47. The fourth-order valence-corrected chi connectivity index (χ4v) is 3.98. The number of fused-ring (bicyclic) bond motifs is 1. The SMILES string of the molecule is CN(C)C(=O)N1C[C@H](NC(=O)Cn2c(=O)oc3ccccc32)[C@@H](C2CC2)C1. The van der Waals surface area contributed by atoms with Crippen LogP contribution in [0.1, 0.15) is 12.8 Å². The van der Waals surface area contributed by atoms with Crippen LogP contribution in [0.25, 0.3) is 11.1 Å². The fraction of sp³-hybridized carbons (Fsp3) is 0.526. The van der Waals surface area contributed by atoms with Crippen LogP contribution in [0.2, 0.25) is 0 Å². The summed E-state index contributed by atoms with van der Waals surface area (Å²) in [7, 11) is 3.47. The lowest BCUT2D eigenvalue weighted by molar-refractivity contribution is -0.122. The maximum atomic E-state index is 12.6. The molecule has 4 rings (SSSR count). The minimum absolute atomic E-state index is 0.0329. The molecular weight excluding hydrogens is 348 g/mol. The van der Waals surface area contributed by atoms with Crippen molar-refractivity contribution >= 4 is 23.0 Å². The van der Waals surface area contributed by atoms with Crippen molar-refractivity contribution in [2.24, 2.45) is 11.8 Å². The molecule has 0 unspecified atom stereocenters. The highest BCUT2D eigenvalue weighted by Gasteiger charge is 2.44.